The fourth-order valence-electron chi connectivity index (χ4n) is 1.92. The number of nitrogens with zero attached hydrogens (tertiary/aromatic N) is 4. The minimum atomic E-state index is 0.0106. The fourth-order valence-corrected chi connectivity index (χ4v) is 1.92. The van der Waals surface area contributed by atoms with Crippen molar-refractivity contribution in [3.8, 4) is 0 Å². The highest BCUT2D eigenvalue weighted by Crippen LogP contribution is 2.22. The van der Waals surface area contributed by atoms with Crippen LogP contribution in [0.5, 0.6) is 0 Å². The molecule has 0 saturated carbocycles. The number of hydrogen-bond donors (Lipinski definition) is 1. The van der Waals surface area contributed by atoms with Crippen molar-refractivity contribution in [2.45, 2.75) is 19.6 Å². The molecule has 0 radical (unpaired) electrons. The molecule has 0 aromatic carbocycles. The van der Waals surface area contributed by atoms with Crippen LogP contribution in [0.1, 0.15) is 12.5 Å². The van der Waals surface area contributed by atoms with E-state index in [1.54, 1.807) is 6.20 Å². The summed E-state index contributed by atoms with van der Waals surface area (Å²) in [6.07, 6.45) is 7.41. The summed E-state index contributed by atoms with van der Waals surface area (Å²) in [7, 11) is 0. The molecule has 1 aromatic rings. The van der Waals surface area contributed by atoms with E-state index in [0.717, 1.165) is 23.6 Å². The van der Waals surface area contributed by atoms with E-state index in [1.165, 1.54) is 0 Å². The van der Waals surface area contributed by atoms with E-state index >= 15 is 0 Å². The number of aliphatic imine (C=N–C) groups is 2. The zero-order valence-corrected chi connectivity index (χ0v) is 9.54. The lowest BCUT2D eigenvalue weighted by atomic mass is 10.2. The molecule has 2 aliphatic rings. The fraction of sp³-hybridized carbons (Fsp3) is 0.250. The minimum absolute atomic E-state index is 0.0106. The molecule has 17 heavy (non-hydrogen) atoms. The number of pyridine rings is 1. The van der Waals surface area contributed by atoms with Gasteiger partial charge in [-0.05, 0) is 18.6 Å². The first-order valence-electron chi connectivity index (χ1n) is 5.53. The Bertz CT molecular complexity index is 503. The van der Waals surface area contributed by atoms with Crippen LogP contribution in [0.4, 0.5) is 0 Å². The molecule has 1 unspecified atom stereocenters. The smallest absolute Gasteiger partial charge is 0.168 e. The van der Waals surface area contributed by atoms with Crippen LogP contribution in [-0.2, 0) is 6.54 Å². The lowest BCUT2D eigenvalue weighted by Crippen LogP contribution is -2.34. The van der Waals surface area contributed by atoms with Gasteiger partial charge in [0.05, 0.1) is 6.34 Å². The summed E-state index contributed by atoms with van der Waals surface area (Å²) < 4.78 is 0. The van der Waals surface area contributed by atoms with Gasteiger partial charge in [0.1, 0.15) is 11.5 Å². The molecule has 5 heteroatoms. The second-order valence-electron chi connectivity index (χ2n) is 4.08. The van der Waals surface area contributed by atoms with Crippen molar-refractivity contribution >= 4 is 12.2 Å². The van der Waals surface area contributed by atoms with Crippen molar-refractivity contribution < 1.29 is 0 Å². The monoisotopic (exact) mass is 227 g/mol. The maximum Gasteiger partial charge on any atom is 0.168 e. The van der Waals surface area contributed by atoms with Crippen LogP contribution in [0.25, 0.3) is 0 Å². The van der Waals surface area contributed by atoms with Crippen LogP contribution in [0.15, 0.2) is 46.4 Å². The molecule has 86 valence electrons. The molecule has 0 amide bonds. The Morgan fingerprint density at radius 2 is 2.41 bits per heavy atom. The van der Waals surface area contributed by atoms with E-state index in [9.17, 15) is 0 Å². The molecular weight excluding hydrogens is 214 g/mol. The van der Waals surface area contributed by atoms with Crippen molar-refractivity contribution in [1.82, 2.24) is 15.2 Å². The van der Waals surface area contributed by atoms with Crippen LogP contribution < -0.4 is 5.32 Å². The predicted molar refractivity (Wildman–Crippen MR) is 66.4 cm³/mol. The van der Waals surface area contributed by atoms with Gasteiger partial charge in [0.2, 0.25) is 0 Å². The van der Waals surface area contributed by atoms with Crippen molar-refractivity contribution in [3.05, 3.63) is 42.0 Å². The minimum Gasteiger partial charge on any atom is -0.349 e. The molecule has 0 fully saturated rings. The Kier molecular flexibility index (Phi) is 2.36. The van der Waals surface area contributed by atoms with Crippen LogP contribution in [0.3, 0.4) is 0 Å². The quantitative estimate of drug-likeness (QED) is 0.823. The van der Waals surface area contributed by atoms with Crippen LogP contribution in [0.2, 0.25) is 0 Å². The number of hydrogen-bond acceptors (Lipinski definition) is 5. The van der Waals surface area contributed by atoms with Gasteiger partial charge >= 0.3 is 0 Å². The topological polar surface area (TPSA) is 52.9 Å². The van der Waals surface area contributed by atoms with E-state index in [0.29, 0.717) is 0 Å². The average Bonchev–Trinajstić information content (AvgIpc) is 2.73. The summed E-state index contributed by atoms with van der Waals surface area (Å²) in [5.74, 6) is 0.917. The van der Waals surface area contributed by atoms with Gasteiger partial charge < -0.3 is 10.2 Å². The molecule has 5 nitrogen and oxygen atoms in total. The van der Waals surface area contributed by atoms with Crippen molar-refractivity contribution in [3.63, 3.8) is 0 Å². The number of nitrogens with one attached hydrogen (secondary N) is 1. The average molecular weight is 227 g/mol. The van der Waals surface area contributed by atoms with E-state index in [1.807, 2.05) is 31.7 Å². The molecule has 3 rings (SSSR count). The van der Waals surface area contributed by atoms with Crippen LogP contribution in [-0.4, -0.2) is 28.2 Å². The van der Waals surface area contributed by atoms with E-state index < -0.39 is 0 Å². The highest BCUT2D eigenvalue weighted by atomic mass is 15.3. The second kappa shape index (κ2) is 4.01. The van der Waals surface area contributed by atoms with E-state index in [2.05, 4.69) is 31.3 Å². The largest absolute Gasteiger partial charge is 0.349 e. The standard InChI is InChI=1S/C12H13N5/c1-9-14-6-11-12(16-9)17(8-15-11)7-10-3-2-4-13-5-10/h2-6,8,12H,7H2,1H3,(H,14,16). The molecule has 0 aliphatic carbocycles. The van der Waals surface area contributed by atoms with Gasteiger partial charge in [-0.2, -0.15) is 0 Å². The molecule has 0 bridgehead atoms. The number of rotatable bonds is 2. The third kappa shape index (κ3) is 1.91. The number of fused-ring (bicyclic) bond motifs is 1. The Morgan fingerprint density at radius 1 is 1.47 bits per heavy atom. The van der Waals surface area contributed by atoms with E-state index in [-0.39, 0.29) is 6.17 Å². The third-order valence-corrected chi connectivity index (χ3v) is 2.77. The highest BCUT2D eigenvalue weighted by Gasteiger charge is 2.27. The first kappa shape index (κ1) is 10.0. The summed E-state index contributed by atoms with van der Waals surface area (Å²) in [4.78, 5) is 15.1. The van der Waals surface area contributed by atoms with Gasteiger partial charge in [0, 0.05) is 25.1 Å². The Labute approximate surface area is 99.6 Å². The maximum absolute atomic E-state index is 4.54. The first-order chi connectivity index (χ1) is 8.33. The summed E-state index contributed by atoms with van der Waals surface area (Å²) in [5, 5.41) is 3.07. The molecule has 0 spiro atoms. The van der Waals surface area contributed by atoms with Gasteiger partial charge in [0.15, 0.2) is 6.17 Å². The van der Waals surface area contributed by atoms with Gasteiger partial charge in [-0.25, -0.2) is 9.98 Å². The Morgan fingerprint density at radius 3 is 3.24 bits per heavy atom. The molecule has 1 N–H and O–H groups in total. The highest BCUT2D eigenvalue weighted by molar-refractivity contribution is 5.83. The van der Waals surface area contributed by atoms with Gasteiger partial charge in [-0.3, -0.25) is 4.98 Å². The van der Waals surface area contributed by atoms with Gasteiger partial charge in [0.25, 0.3) is 0 Å². The van der Waals surface area contributed by atoms with Crippen molar-refractivity contribution in [2.24, 2.45) is 9.98 Å². The molecule has 3 heterocycles. The number of amidine groups is 1. The summed E-state index contributed by atoms with van der Waals surface area (Å²) in [6.45, 7) is 2.73. The lowest BCUT2D eigenvalue weighted by Gasteiger charge is -2.24. The molecule has 1 atom stereocenters. The van der Waals surface area contributed by atoms with Gasteiger partial charge in [-0.1, -0.05) is 6.07 Å². The molecule has 1 aromatic heterocycles. The maximum atomic E-state index is 4.54. The second-order valence-corrected chi connectivity index (χ2v) is 4.08. The normalized spacial score (nSPS) is 21.7. The molecular formula is C12H13N5. The Balaban J connectivity index is 1.79. The summed E-state index contributed by atoms with van der Waals surface area (Å²) >= 11 is 0. The van der Waals surface area contributed by atoms with Gasteiger partial charge in [-0.15, -0.1) is 0 Å². The molecule has 2 aliphatic heterocycles. The predicted octanol–water partition coefficient (Wildman–Crippen LogP) is 1.11. The Hall–Kier alpha value is -2.17. The third-order valence-electron chi connectivity index (χ3n) is 2.77. The summed E-state index contributed by atoms with van der Waals surface area (Å²) in [5.41, 5.74) is 2.12. The van der Waals surface area contributed by atoms with Crippen LogP contribution >= 0.6 is 0 Å². The van der Waals surface area contributed by atoms with Crippen LogP contribution in [0, 0.1) is 0 Å². The van der Waals surface area contributed by atoms with Crippen molar-refractivity contribution in [1.29, 1.82) is 0 Å². The molecule has 0 saturated heterocycles. The van der Waals surface area contributed by atoms with Crippen molar-refractivity contribution in [2.75, 3.05) is 0 Å². The SMILES string of the molecule is CC1=NC2C(=CN1)N=CN2Cc1cccnc1. The zero-order chi connectivity index (χ0) is 11.7. The first-order valence-corrected chi connectivity index (χ1v) is 5.53. The number of aromatic nitrogens is 1. The summed E-state index contributed by atoms with van der Waals surface area (Å²) in [6, 6.07) is 4.00. The lowest BCUT2D eigenvalue weighted by molar-refractivity contribution is 0.372. The zero-order valence-electron chi connectivity index (χ0n) is 9.54. The van der Waals surface area contributed by atoms with E-state index in [4.69, 9.17) is 0 Å².